The quantitative estimate of drug-likeness (QED) is 0.595. The Balaban J connectivity index is 4.43. The van der Waals surface area contributed by atoms with Gasteiger partial charge in [-0.1, -0.05) is 0 Å². The van der Waals surface area contributed by atoms with Crippen molar-refractivity contribution in [1.82, 2.24) is 4.72 Å². The Morgan fingerprint density at radius 3 is 2.20 bits per heavy atom. The molecule has 8 heteroatoms. The number of nitrogens with one attached hydrogen (secondary N) is 1. The molecule has 0 fully saturated rings. The molecular weight excluding hydrogens is 226 g/mol. The van der Waals surface area contributed by atoms with E-state index >= 15 is 0 Å². The van der Waals surface area contributed by atoms with Gasteiger partial charge in [0.2, 0.25) is 10.0 Å². The summed E-state index contributed by atoms with van der Waals surface area (Å²) in [5, 5.41) is -1.37. The van der Waals surface area contributed by atoms with Crippen LogP contribution in [0.5, 0.6) is 0 Å². The third-order valence-corrected chi connectivity index (χ3v) is 3.31. The second-order valence-corrected chi connectivity index (χ2v) is 4.69. The van der Waals surface area contributed by atoms with Crippen molar-refractivity contribution in [2.75, 3.05) is 20.8 Å². The molecule has 0 aromatic carbocycles. The molecule has 0 spiro atoms. The van der Waals surface area contributed by atoms with E-state index in [1.54, 1.807) is 0 Å². The van der Waals surface area contributed by atoms with Crippen LogP contribution in [0.15, 0.2) is 0 Å². The van der Waals surface area contributed by atoms with E-state index in [2.05, 4.69) is 9.47 Å². The van der Waals surface area contributed by atoms with Crippen molar-refractivity contribution < 1.29 is 27.5 Å². The Hall–Kier alpha value is -1.15. The van der Waals surface area contributed by atoms with E-state index in [-0.39, 0.29) is 0 Å². The standard InChI is InChI=1S/C7H13NO6S/c1-5(7(10)14-3)15(11,12)8-4-6(9)13-2/h5,8H,4H2,1-3H3. The second-order valence-electron chi connectivity index (χ2n) is 2.61. The van der Waals surface area contributed by atoms with E-state index in [0.717, 1.165) is 21.1 Å². The minimum absolute atomic E-state index is 0.514. The lowest BCUT2D eigenvalue weighted by atomic mass is 10.5. The van der Waals surface area contributed by atoms with Crippen LogP contribution in [-0.2, 0) is 29.1 Å². The first kappa shape index (κ1) is 13.8. The summed E-state index contributed by atoms with van der Waals surface area (Å²) in [4.78, 5) is 21.6. The highest BCUT2D eigenvalue weighted by atomic mass is 32.2. The number of hydrogen-bond acceptors (Lipinski definition) is 6. The van der Waals surface area contributed by atoms with Crippen molar-refractivity contribution in [3.8, 4) is 0 Å². The van der Waals surface area contributed by atoms with E-state index in [1.807, 2.05) is 4.72 Å². The highest BCUT2D eigenvalue weighted by molar-refractivity contribution is 7.90. The SMILES string of the molecule is COC(=O)CNS(=O)(=O)C(C)C(=O)OC. The topological polar surface area (TPSA) is 98.8 Å². The van der Waals surface area contributed by atoms with Crippen molar-refractivity contribution in [3.05, 3.63) is 0 Å². The Bertz CT molecular complexity index is 335. The second kappa shape index (κ2) is 5.66. The smallest absolute Gasteiger partial charge is 0.325 e. The molecule has 7 nitrogen and oxygen atoms in total. The molecular formula is C7H13NO6S. The van der Waals surface area contributed by atoms with E-state index in [0.29, 0.717) is 0 Å². The fourth-order valence-corrected chi connectivity index (χ4v) is 1.57. The minimum Gasteiger partial charge on any atom is -0.468 e. The zero-order valence-corrected chi connectivity index (χ0v) is 9.46. The number of esters is 2. The monoisotopic (exact) mass is 239 g/mol. The molecule has 0 aromatic heterocycles. The maximum Gasteiger partial charge on any atom is 0.325 e. The summed E-state index contributed by atoms with van der Waals surface area (Å²) in [6, 6.07) is 0. The van der Waals surface area contributed by atoms with Gasteiger partial charge in [0.25, 0.3) is 0 Å². The number of methoxy groups -OCH3 is 2. The Morgan fingerprint density at radius 1 is 1.27 bits per heavy atom. The first-order chi connectivity index (χ1) is 6.85. The van der Waals surface area contributed by atoms with Gasteiger partial charge in [0.1, 0.15) is 6.54 Å². The highest BCUT2D eigenvalue weighted by Gasteiger charge is 2.28. The maximum absolute atomic E-state index is 11.3. The van der Waals surface area contributed by atoms with Crippen molar-refractivity contribution in [3.63, 3.8) is 0 Å². The molecule has 0 radical (unpaired) electrons. The summed E-state index contributed by atoms with van der Waals surface area (Å²) in [6.07, 6.45) is 0. The van der Waals surface area contributed by atoms with Crippen LogP contribution in [0.25, 0.3) is 0 Å². The largest absolute Gasteiger partial charge is 0.468 e. The summed E-state index contributed by atoms with van der Waals surface area (Å²) < 4.78 is 33.1. The molecule has 0 saturated carbocycles. The number of rotatable bonds is 5. The average molecular weight is 239 g/mol. The average Bonchev–Trinajstić information content (AvgIpc) is 2.23. The highest BCUT2D eigenvalue weighted by Crippen LogP contribution is 1.99. The van der Waals surface area contributed by atoms with E-state index < -0.39 is 33.8 Å². The van der Waals surface area contributed by atoms with Gasteiger partial charge in [0.05, 0.1) is 14.2 Å². The van der Waals surface area contributed by atoms with Crippen LogP contribution in [0.1, 0.15) is 6.92 Å². The number of carbonyl (C=O) groups is 2. The molecule has 0 bridgehead atoms. The van der Waals surface area contributed by atoms with Gasteiger partial charge in [-0.05, 0) is 6.92 Å². The minimum atomic E-state index is -3.90. The van der Waals surface area contributed by atoms with Crippen LogP contribution in [-0.4, -0.2) is 46.4 Å². The first-order valence-electron chi connectivity index (χ1n) is 3.98. The van der Waals surface area contributed by atoms with E-state index in [4.69, 9.17) is 0 Å². The van der Waals surface area contributed by atoms with Crippen molar-refractivity contribution >= 4 is 22.0 Å². The molecule has 0 aliphatic carbocycles. The lowest BCUT2D eigenvalue weighted by Crippen LogP contribution is -2.40. The van der Waals surface area contributed by atoms with Crippen LogP contribution < -0.4 is 4.72 Å². The number of carbonyl (C=O) groups excluding carboxylic acids is 2. The van der Waals surface area contributed by atoms with Gasteiger partial charge in [0.15, 0.2) is 5.25 Å². The molecule has 88 valence electrons. The van der Waals surface area contributed by atoms with Crippen LogP contribution in [0, 0.1) is 0 Å². The molecule has 0 rings (SSSR count). The zero-order chi connectivity index (χ0) is 12.1. The molecule has 0 saturated heterocycles. The lowest BCUT2D eigenvalue weighted by molar-refractivity contribution is -0.140. The molecule has 15 heavy (non-hydrogen) atoms. The molecule has 0 heterocycles. The van der Waals surface area contributed by atoms with Crippen molar-refractivity contribution in [2.24, 2.45) is 0 Å². The number of ether oxygens (including phenoxy) is 2. The van der Waals surface area contributed by atoms with Gasteiger partial charge in [-0.2, -0.15) is 0 Å². The summed E-state index contributed by atoms with van der Waals surface area (Å²) in [5.41, 5.74) is 0. The third kappa shape index (κ3) is 4.26. The van der Waals surface area contributed by atoms with E-state index in [9.17, 15) is 18.0 Å². The molecule has 1 unspecified atom stereocenters. The Morgan fingerprint density at radius 2 is 1.80 bits per heavy atom. The van der Waals surface area contributed by atoms with Gasteiger partial charge in [0, 0.05) is 0 Å². The normalized spacial score (nSPS) is 13.0. The number of hydrogen-bond donors (Lipinski definition) is 1. The summed E-state index contributed by atoms with van der Waals surface area (Å²) in [7, 11) is -1.70. The lowest BCUT2D eigenvalue weighted by Gasteiger charge is -2.10. The molecule has 0 aliphatic heterocycles. The van der Waals surface area contributed by atoms with Crippen LogP contribution >= 0.6 is 0 Å². The van der Waals surface area contributed by atoms with E-state index in [1.165, 1.54) is 0 Å². The third-order valence-electron chi connectivity index (χ3n) is 1.64. The summed E-state index contributed by atoms with van der Waals surface area (Å²) >= 11 is 0. The van der Waals surface area contributed by atoms with Gasteiger partial charge < -0.3 is 9.47 Å². The number of sulfonamides is 1. The van der Waals surface area contributed by atoms with Crippen molar-refractivity contribution in [2.45, 2.75) is 12.2 Å². The Labute approximate surface area is 87.8 Å². The van der Waals surface area contributed by atoms with Gasteiger partial charge in [-0.25, -0.2) is 13.1 Å². The summed E-state index contributed by atoms with van der Waals surface area (Å²) in [6.45, 7) is 0.644. The van der Waals surface area contributed by atoms with Gasteiger partial charge >= 0.3 is 11.9 Å². The van der Waals surface area contributed by atoms with Crippen molar-refractivity contribution in [1.29, 1.82) is 0 Å². The molecule has 1 N–H and O–H groups in total. The molecule has 1 atom stereocenters. The summed E-state index contributed by atoms with van der Waals surface area (Å²) in [5.74, 6) is -1.64. The molecule has 0 amide bonds. The zero-order valence-electron chi connectivity index (χ0n) is 8.64. The van der Waals surface area contributed by atoms with Crippen LogP contribution in [0.4, 0.5) is 0 Å². The molecule has 0 aromatic rings. The predicted molar refractivity (Wildman–Crippen MR) is 50.4 cm³/mol. The fourth-order valence-electron chi connectivity index (χ4n) is 0.649. The van der Waals surface area contributed by atoms with Gasteiger partial charge in [-0.15, -0.1) is 0 Å². The molecule has 0 aliphatic rings. The van der Waals surface area contributed by atoms with Crippen LogP contribution in [0.3, 0.4) is 0 Å². The Kier molecular flexibility index (Phi) is 5.23. The predicted octanol–water partition coefficient (Wildman–Crippen LogP) is -1.36. The maximum atomic E-state index is 11.3. The van der Waals surface area contributed by atoms with Gasteiger partial charge in [-0.3, -0.25) is 9.59 Å². The fraction of sp³-hybridized carbons (Fsp3) is 0.714. The first-order valence-corrected chi connectivity index (χ1v) is 5.53. The van der Waals surface area contributed by atoms with Crippen LogP contribution in [0.2, 0.25) is 0 Å².